The molecule has 7 heteroatoms. The zero-order valence-corrected chi connectivity index (χ0v) is 16.5. The number of hydrogen-bond acceptors (Lipinski definition) is 3. The lowest BCUT2D eigenvalue weighted by Crippen LogP contribution is -2.39. The van der Waals surface area contributed by atoms with Gasteiger partial charge in [0.05, 0.1) is 5.56 Å². The van der Waals surface area contributed by atoms with Crippen LogP contribution in [0.2, 0.25) is 0 Å². The first-order chi connectivity index (χ1) is 13.0. The summed E-state index contributed by atoms with van der Waals surface area (Å²) in [5, 5.41) is 5.74. The van der Waals surface area contributed by atoms with Gasteiger partial charge in [0.1, 0.15) is 5.82 Å². The van der Waals surface area contributed by atoms with Crippen LogP contribution in [0.3, 0.4) is 0 Å². The van der Waals surface area contributed by atoms with Crippen molar-refractivity contribution in [3.8, 4) is 0 Å². The van der Waals surface area contributed by atoms with Crippen LogP contribution < -0.4 is 16.4 Å². The van der Waals surface area contributed by atoms with E-state index in [1.165, 1.54) is 18.2 Å². The molecule has 3 rings (SSSR count). The number of carbonyl (C=O) groups is 2. The monoisotopic (exact) mass is 405 g/mol. The molecular weight excluding hydrogens is 381 g/mol. The number of anilines is 1. The topological polar surface area (TPSA) is 84.2 Å². The van der Waals surface area contributed by atoms with Crippen molar-refractivity contribution in [2.75, 3.05) is 11.9 Å². The molecule has 4 N–H and O–H groups in total. The van der Waals surface area contributed by atoms with E-state index in [1.54, 1.807) is 24.3 Å². The lowest BCUT2D eigenvalue weighted by molar-refractivity contribution is 0.0927. The van der Waals surface area contributed by atoms with E-state index in [4.69, 9.17) is 5.73 Å². The molecule has 0 heterocycles. The highest BCUT2D eigenvalue weighted by atomic mass is 35.5. The van der Waals surface area contributed by atoms with Crippen LogP contribution in [-0.2, 0) is 0 Å². The number of nitrogens with one attached hydrogen (secondary N) is 2. The Morgan fingerprint density at radius 2 is 1.89 bits per heavy atom. The number of benzene rings is 2. The quantitative estimate of drug-likeness (QED) is 0.709. The molecule has 2 amide bonds. The van der Waals surface area contributed by atoms with E-state index in [1.807, 2.05) is 6.92 Å². The first kappa shape index (κ1) is 21.9. The van der Waals surface area contributed by atoms with Gasteiger partial charge in [-0.15, -0.1) is 12.4 Å². The maximum Gasteiger partial charge on any atom is 0.258 e. The fraction of sp³-hybridized carbons (Fsp3) is 0.333. The normalized spacial score (nSPS) is 18.2. The van der Waals surface area contributed by atoms with Gasteiger partial charge in [0, 0.05) is 17.3 Å². The highest BCUT2D eigenvalue weighted by molar-refractivity contribution is 6.05. The van der Waals surface area contributed by atoms with Crippen molar-refractivity contribution in [3.63, 3.8) is 0 Å². The van der Waals surface area contributed by atoms with E-state index in [0.717, 1.165) is 24.8 Å². The summed E-state index contributed by atoms with van der Waals surface area (Å²) in [6, 6.07) is 11.0. The molecule has 0 radical (unpaired) electrons. The lowest BCUT2D eigenvalue weighted by atomic mass is 10.0. The van der Waals surface area contributed by atoms with E-state index in [2.05, 4.69) is 10.6 Å². The van der Waals surface area contributed by atoms with Gasteiger partial charge in [-0.25, -0.2) is 4.39 Å². The molecule has 1 fully saturated rings. The van der Waals surface area contributed by atoms with Gasteiger partial charge >= 0.3 is 0 Å². The number of hydrogen-bond donors (Lipinski definition) is 3. The van der Waals surface area contributed by atoms with Gasteiger partial charge in [0.25, 0.3) is 11.8 Å². The Morgan fingerprint density at radius 3 is 2.61 bits per heavy atom. The molecule has 150 valence electrons. The minimum absolute atomic E-state index is 0. The Morgan fingerprint density at radius 1 is 1.14 bits per heavy atom. The molecule has 2 atom stereocenters. The predicted octanol–water partition coefficient (Wildman–Crippen LogP) is 3.67. The summed E-state index contributed by atoms with van der Waals surface area (Å²) in [6.45, 7) is 2.38. The summed E-state index contributed by atoms with van der Waals surface area (Å²) in [5.74, 6) is -1.02. The Kier molecular flexibility index (Phi) is 7.54. The number of carbonyl (C=O) groups excluding carboxylic acids is 2. The molecule has 0 spiro atoms. The smallest absolute Gasteiger partial charge is 0.258 e. The Hall–Kier alpha value is -2.44. The number of amides is 2. The van der Waals surface area contributed by atoms with Gasteiger partial charge in [-0.2, -0.15) is 0 Å². The minimum atomic E-state index is -0.587. The third-order valence-electron chi connectivity index (χ3n) is 5.14. The zero-order valence-electron chi connectivity index (χ0n) is 15.7. The van der Waals surface area contributed by atoms with Crippen LogP contribution in [0.5, 0.6) is 0 Å². The number of halogens is 2. The SMILES string of the molecule is Cc1ccc(C(=O)NC2CCCC2CN)cc1NC(=O)c1ccccc1F.Cl. The summed E-state index contributed by atoms with van der Waals surface area (Å²) >= 11 is 0. The Bertz CT molecular complexity index is 859. The third-order valence-corrected chi connectivity index (χ3v) is 5.14. The molecule has 1 saturated carbocycles. The van der Waals surface area contributed by atoms with E-state index in [-0.39, 0.29) is 29.9 Å². The fourth-order valence-corrected chi connectivity index (χ4v) is 3.49. The summed E-state index contributed by atoms with van der Waals surface area (Å²) in [4.78, 5) is 25.0. The Balaban J connectivity index is 0.00000280. The molecule has 2 unspecified atom stereocenters. The molecule has 2 aromatic rings. The van der Waals surface area contributed by atoms with E-state index in [9.17, 15) is 14.0 Å². The van der Waals surface area contributed by atoms with E-state index < -0.39 is 11.7 Å². The number of rotatable bonds is 5. The maximum absolute atomic E-state index is 13.8. The highest BCUT2D eigenvalue weighted by Gasteiger charge is 2.27. The summed E-state index contributed by atoms with van der Waals surface area (Å²) in [5.41, 5.74) is 7.46. The van der Waals surface area contributed by atoms with Crippen molar-refractivity contribution >= 4 is 29.9 Å². The average molecular weight is 406 g/mol. The van der Waals surface area contributed by atoms with Crippen LogP contribution in [0.1, 0.15) is 45.5 Å². The highest BCUT2D eigenvalue weighted by Crippen LogP contribution is 2.25. The second-order valence-electron chi connectivity index (χ2n) is 6.97. The summed E-state index contributed by atoms with van der Waals surface area (Å²) in [7, 11) is 0. The van der Waals surface area contributed by atoms with Crippen molar-refractivity contribution in [1.82, 2.24) is 5.32 Å². The minimum Gasteiger partial charge on any atom is -0.349 e. The van der Waals surface area contributed by atoms with Crippen molar-refractivity contribution < 1.29 is 14.0 Å². The van der Waals surface area contributed by atoms with Crippen molar-refractivity contribution in [3.05, 3.63) is 65.0 Å². The molecule has 1 aliphatic rings. The van der Waals surface area contributed by atoms with Crippen LogP contribution >= 0.6 is 12.4 Å². The number of nitrogens with two attached hydrogens (primary N) is 1. The van der Waals surface area contributed by atoms with Crippen LogP contribution in [0.4, 0.5) is 10.1 Å². The second-order valence-corrected chi connectivity index (χ2v) is 6.97. The van der Waals surface area contributed by atoms with Crippen molar-refractivity contribution in [2.24, 2.45) is 11.7 Å². The molecule has 0 bridgehead atoms. The lowest BCUT2D eigenvalue weighted by Gasteiger charge is -2.20. The largest absolute Gasteiger partial charge is 0.349 e. The molecule has 1 aliphatic carbocycles. The molecule has 2 aromatic carbocycles. The van der Waals surface area contributed by atoms with Crippen LogP contribution in [0, 0.1) is 18.7 Å². The molecule has 0 aliphatic heterocycles. The van der Waals surface area contributed by atoms with E-state index >= 15 is 0 Å². The average Bonchev–Trinajstić information content (AvgIpc) is 3.10. The van der Waals surface area contributed by atoms with Crippen molar-refractivity contribution in [2.45, 2.75) is 32.2 Å². The number of aryl methyl sites for hydroxylation is 1. The van der Waals surface area contributed by atoms with Gasteiger partial charge in [0.2, 0.25) is 0 Å². The first-order valence-electron chi connectivity index (χ1n) is 9.17. The van der Waals surface area contributed by atoms with Gasteiger partial charge in [0.15, 0.2) is 0 Å². The molecule has 28 heavy (non-hydrogen) atoms. The molecular formula is C21H25ClFN3O2. The van der Waals surface area contributed by atoms with Crippen molar-refractivity contribution in [1.29, 1.82) is 0 Å². The van der Waals surface area contributed by atoms with Gasteiger partial charge in [-0.05, 0) is 62.1 Å². The predicted molar refractivity (Wildman–Crippen MR) is 110 cm³/mol. The molecule has 5 nitrogen and oxygen atoms in total. The van der Waals surface area contributed by atoms with Gasteiger partial charge < -0.3 is 16.4 Å². The van der Waals surface area contributed by atoms with Crippen LogP contribution in [0.15, 0.2) is 42.5 Å². The standard InChI is InChI=1S/C21H24FN3O2.ClH/c1-13-9-10-14(20(26)24-18-8-4-5-15(18)12-23)11-19(13)25-21(27)16-6-2-3-7-17(16)22;/h2-3,6-7,9-11,15,18H,4-5,8,12,23H2,1H3,(H,24,26)(H,25,27);1H. The third kappa shape index (κ3) is 4.88. The van der Waals surface area contributed by atoms with Crippen LogP contribution in [-0.4, -0.2) is 24.4 Å². The Labute approximate surface area is 170 Å². The summed E-state index contributed by atoms with van der Waals surface area (Å²) < 4.78 is 13.8. The van der Waals surface area contributed by atoms with Gasteiger partial charge in [-0.1, -0.05) is 24.6 Å². The fourth-order valence-electron chi connectivity index (χ4n) is 3.49. The second kappa shape index (κ2) is 9.66. The maximum atomic E-state index is 13.8. The van der Waals surface area contributed by atoms with Gasteiger partial charge in [-0.3, -0.25) is 9.59 Å². The first-order valence-corrected chi connectivity index (χ1v) is 9.17. The van der Waals surface area contributed by atoms with E-state index in [0.29, 0.717) is 23.7 Å². The summed E-state index contributed by atoms with van der Waals surface area (Å²) in [6.07, 6.45) is 3.01. The zero-order chi connectivity index (χ0) is 19.4. The molecule has 0 saturated heterocycles. The van der Waals surface area contributed by atoms with Crippen LogP contribution in [0.25, 0.3) is 0 Å². The molecule has 0 aromatic heterocycles.